The summed E-state index contributed by atoms with van der Waals surface area (Å²) in [5, 5.41) is 7.52. The minimum atomic E-state index is 0.136. The van der Waals surface area contributed by atoms with E-state index < -0.39 is 0 Å². The van der Waals surface area contributed by atoms with Gasteiger partial charge in [-0.1, -0.05) is 17.8 Å². The Balaban J connectivity index is 1.84. The molecule has 0 radical (unpaired) electrons. The molecule has 3 N–H and O–H groups in total. The third kappa shape index (κ3) is 2.59. The molecule has 0 heterocycles. The highest BCUT2D eigenvalue weighted by atomic mass is 32.2. The smallest absolute Gasteiger partial charge is 0.123 e. The van der Waals surface area contributed by atoms with E-state index in [0.29, 0.717) is 0 Å². The van der Waals surface area contributed by atoms with Gasteiger partial charge in [-0.15, -0.1) is 0 Å². The summed E-state index contributed by atoms with van der Waals surface area (Å²) in [4.78, 5) is 2.49. The Labute approximate surface area is 123 Å². The van der Waals surface area contributed by atoms with Gasteiger partial charge >= 0.3 is 0 Å². The number of hydrogen-bond acceptors (Lipinski definition) is 2. The topological polar surface area (TPSA) is 49.9 Å². The summed E-state index contributed by atoms with van der Waals surface area (Å²) in [6.45, 7) is 2.00. The minimum Gasteiger partial charge on any atom is -0.384 e. The van der Waals surface area contributed by atoms with E-state index in [2.05, 4.69) is 24.3 Å². The van der Waals surface area contributed by atoms with Crippen LogP contribution in [0.25, 0.3) is 0 Å². The Morgan fingerprint density at radius 1 is 1.05 bits per heavy atom. The fourth-order valence-corrected chi connectivity index (χ4v) is 3.73. The zero-order valence-electron chi connectivity index (χ0n) is 11.6. The van der Waals surface area contributed by atoms with E-state index in [9.17, 15) is 0 Å². The number of nitrogens with one attached hydrogen (secondary N) is 1. The molecule has 20 heavy (non-hydrogen) atoms. The second-order valence-electron chi connectivity index (χ2n) is 5.28. The van der Waals surface area contributed by atoms with Crippen LogP contribution in [0.1, 0.15) is 28.7 Å². The number of nitrogen functional groups attached to an aromatic ring is 1. The molecule has 0 saturated carbocycles. The molecular formula is C17H18N2S. The van der Waals surface area contributed by atoms with Crippen molar-refractivity contribution in [2.45, 2.75) is 36.0 Å². The molecule has 0 atom stereocenters. The van der Waals surface area contributed by atoms with Crippen LogP contribution >= 0.6 is 11.8 Å². The van der Waals surface area contributed by atoms with Crippen molar-refractivity contribution in [1.29, 1.82) is 5.41 Å². The monoisotopic (exact) mass is 282 g/mol. The first-order valence-electron chi connectivity index (χ1n) is 6.88. The normalized spacial score (nSPS) is 13.2. The average molecular weight is 282 g/mol. The summed E-state index contributed by atoms with van der Waals surface area (Å²) in [5.74, 6) is 0.136. The van der Waals surface area contributed by atoms with Gasteiger partial charge in [-0.25, -0.2) is 0 Å². The molecular weight excluding hydrogens is 264 g/mol. The fraction of sp³-hybridized carbons (Fsp3) is 0.235. The summed E-state index contributed by atoms with van der Waals surface area (Å²) in [5.41, 5.74) is 10.5. The van der Waals surface area contributed by atoms with E-state index in [0.717, 1.165) is 11.1 Å². The van der Waals surface area contributed by atoms with Crippen LogP contribution < -0.4 is 5.73 Å². The van der Waals surface area contributed by atoms with E-state index in [1.54, 1.807) is 11.8 Å². The molecule has 3 rings (SSSR count). The number of fused-ring (bicyclic) bond motifs is 1. The molecule has 1 aliphatic rings. The Bertz CT molecular complexity index is 677. The van der Waals surface area contributed by atoms with Crippen LogP contribution in [0.3, 0.4) is 0 Å². The average Bonchev–Trinajstić information content (AvgIpc) is 2.85. The van der Waals surface area contributed by atoms with Crippen LogP contribution in [0.5, 0.6) is 0 Å². The lowest BCUT2D eigenvalue weighted by Crippen LogP contribution is -2.12. The van der Waals surface area contributed by atoms with Crippen molar-refractivity contribution in [3.05, 3.63) is 58.7 Å². The number of hydrogen-bond donors (Lipinski definition) is 2. The van der Waals surface area contributed by atoms with Crippen LogP contribution in [0.15, 0.2) is 46.2 Å². The largest absolute Gasteiger partial charge is 0.384 e. The zero-order valence-corrected chi connectivity index (χ0v) is 12.4. The number of amidine groups is 1. The molecule has 0 aromatic heterocycles. The van der Waals surface area contributed by atoms with Crippen molar-refractivity contribution in [2.24, 2.45) is 5.73 Å². The lowest BCUT2D eigenvalue weighted by molar-refractivity contribution is 0.911. The maximum atomic E-state index is 7.52. The van der Waals surface area contributed by atoms with E-state index in [4.69, 9.17) is 11.1 Å². The maximum absolute atomic E-state index is 7.52. The van der Waals surface area contributed by atoms with Gasteiger partial charge in [-0.05, 0) is 73.2 Å². The summed E-state index contributed by atoms with van der Waals surface area (Å²) >= 11 is 1.78. The standard InChI is InChI=1S/C17H18N2S/c1-11-9-14(7-8-16(11)17(18)19)20-15-6-5-12-3-2-4-13(12)10-15/h5-10H,2-4H2,1H3,(H3,18,19). The molecule has 2 aromatic rings. The van der Waals surface area contributed by atoms with Gasteiger partial charge in [0.2, 0.25) is 0 Å². The van der Waals surface area contributed by atoms with Crippen molar-refractivity contribution in [3.63, 3.8) is 0 Å². The molecule has 0 fully saturated rings. The molecule has 0 spiro atoms. The third-order valence-corrected chi connectivity index (χ3v) is 4.77. The summed E-state index contributed by atoms with van der Waals surface area (Å²) < 4.78 is 0. The number of benzene rings is 2. The lowest BCUT2D eigenvalue weighted by atomic mass is 10.1. The first kappa shape index (κ1) is 13.3. The molecule has 0 bridgehead atoms. The first-order valence-corrected chi connectivity index (χ1v) is 7.70. The zero-order chi connectivity index (χ0) is 14.1. The van der Waals surface area contributed by atoms with Gasteiger partial charge in [0.15, 0.2) is 0 Å². The molecule has 102 valence electrons. The summed E-state index contributed by atoms with van der Waals surface area (Å²) in [6.07, 6.45) is 3.73. The summed E-state index contributed by atoms with van der Waals surface area (Å²) in [6, 6.07) is 12.9. The second kappa shape index (κ2) is 5.33. The minimum absolute atomic E-state index is 0.136. The number of aryl methyl sites for hydroxylation is 3. The molecule has 1 aliphatic carbocycles. The number of rotatable bonds is 3. The molecule has 2 nitrogen and oxygen atoms in total. The Kier molecular flexibility index (Phi) is 3.53. The van der Waals surface area contributed by atoms with Crippen LogP contribution in [0.2, 0.25) is 0 Å². The Morgan fingerprint density at radius 3 is 2.50 bits per heavy atom. The third-order valence-electron chi connectivity index (χ3n) is 3.79. The van der Waals surface area contributed by atoms with Gasteiger partial charge in [0.25, 0.3) is 0 Å². The highest BCUT2D eigenvalue weighted by Crippen LogP contribution is 2.32. The van der Waals surface area contributed by atoms with Crippen molar-refractivity contribution in [3.8, 4) is 0 Å². The van der Waals surface area contributed by atoms with Gasteiger partial charge in [-0.2, -0.15) is 0 Å². The van der Waals surface area contributed by atoms with Gasteiger partial charge < -0.3 is 5.73 Å². The van der Waals surface area contributed by atoms with Crippen LogP contribution in [0, 0.1) is 12.3 Å². The van der Waals surface area contributed by atoms with Crippen molar-refractivity contribution in [1.82, 2.24) is 0 Å². The predicted octanol–water partition coefficient (Wildman–Crippen LogP) is 3.92. The van der Waals surface area contributed by atoms with Gasteiger partial charge in [0.1, 0.15) is 5.84 Å². The first-order chi connectivity index (χ1) is 9.63. The molecule has 2 aromatic carbocycles. The highest BCUT2D eigenvalue weighted by Gasteiger charge is 2.11. The molecule has 0 aliphatic heterocycles. The molecule has 0 saturated heterocycles. The molecule has 3 heteroatoms. The van der Waals surface area contributed by atoms with E-state index >= 15 is 0 Å². The van der Waals surface area contributed by atoms with Crippen LogP contribution in [-0.2, 0) is 12.8 Å². The second-order valence-corrected chi connectivity index (χ2v) is 6.42. The fourth-order valence-electron chi connectivity index (χ4n) is 2.75. The molecule has 0 amide bonds. The van der Waals surface area contributed by atoms with Gasteiger partial charge in [0, 0.05) is 15.4 Å². The maximum Gasteiger partial charge on any atom is 0.123 e. The van der Waals surface area contributed by atoms with E-state index in [1.807, 2.05) is 19.1 Å². The Morgan fingerprint density at radius 2 is 1.75 bits per heavy atom. The van der Waals surface area contributed by atoms with Crippen LogP contribution in [0.4, 0.5) is 0 Å². The van der Waals surface area contributed by atoms with Gasteiger partial charge in [-0.3, -0.25) is 5.41 Å². The van der Waals surface area contributed by atoms with Crippen molar-refractivity contribution >= 4 is 17.6 Å². The van der Waals surface area contributed by atoms with Gasteiger partial charge in [0.05, 0.1) is 0 Å². The SMILES string of the molecule is Cc1cc(Sc2ccc3c(c2)CCC3)ccc1C(=N)N. The van der Waals surface area contributed by atoms with Crippen LogP contribution in [-0.4, -0.2) is 5.84 Å². The number of nitrogens with two attached hydrogens (primary N) is 1. The highest BCUT2D eigenvalue weighted by molar-refractivity contribution is 7.99. The van der Waals surface area contributed by atoms with E-state index in [-0.39, 0.29) is 5.84 Å². The lowest BCUT2D eigenvalue weighted by Gasteiger charge is -2.08. The van der Waals surface area contributed by atoms with E-state index in [1.165, 1.54) is 40.2 Å². The van der Waals surface area contributed by atoms with Crippen molar-refractivity contribution in [2.75, 3.05) is 0 Å². The summed E-state index contributed by atoms with van der Waals surface area (Å²) in [7, 11) is 0. The predicted molar refractivity (Wildman–Crippen MR) is 84.8 cm³/mol. The van der Waals surface area contributed by atoms with Crippen molar-refractivity contribution < 1.29 is 0 Å². The molecule has 0 unspecified atom stereocenters. The Hall–Kier alpha value is -1.74. The quantitative estimate of drug-likeness (QED) is 0.662.